The van der Waals surface area contributed by atoms with E-state index in [0.717, 1.165) is 0 Å². The van der Waals surface area contributed by atoms with E-state index in [0.29, 0.717) is 39.3 Å². The van der Waals surface area contributed by atoms with Gasteiger partial charge in [0.1, 0.15) is 17.7 Å². The third-order valence-electron chi connectivity index (χ3n) is 4.02. The lowest BCUT2D eigenvalue weighted by Crippen LogP contribution is -2.20. The highest BCUT2D eigenvalue weighted by molar-refractivity contribution is 6.28. The molecule has 0 saturated heterocycles. The molecule has 0 unspecified atom stereocenters. The van der Waals surface area contributed by atoms with E-state index in [2.05, 4.69) is 5.16 Å². The van der Waals surface area contributed by atoms with Crippen molar-refractivity contribution in [1.29, 1.82) is 0 Å². The summed E-state index contributed by atoms with van der Waals surface area (Å²) < 4.78 is 5.53. The lowest BCUT2D eigenvalue weighted by molar-refractivity contribution is 0.0979. The van der Waals surface area contributed by atoms with Crippen molar-refractivity contribution in [3.63, 3.8) is 0 Å². The molecule has 1 N–H and O–H groups in total. The predicted octanol–water partition coefficient (Wildman–Crippen LogP) is 3.53. The lowest BCUT2D eigenvalue weighted by Gasteiger charge is -2.17. The van der Waals surface area contributed by atoms with Crippen LogP contribution in [0.5, 0.6) is 0 Å². The van der Waals surface area contributed by atoms with Gasteiger partial charge in [-0.15, -0.1) is 0 Å². The van der Waals surface area contributed by atoms with Gasteiger partial charge in [-0.1, -0.05) is 35.5 Å². The van der Waals surface area contributed by atoms with Gasteiger partial charge in [-0.3, -0.25) is 9.59 Å². The zero-order valence-corrected chi connectivity index (χ0v) is 12.4. The monoisotopic (exact) mass is 317 g/mol. The van der Waals surface area contributed by atoms with Gasteiger partial charge in [0, 0.05) is 27.8 Å². The molecule has 0 amide bonds. The van der Waals surface area contributed by atoms with Crippen LogP contribution < -0.4 is 0 Å². The van der Waals surface area contributed by atoms with Crippen molar-refractivity contribution in [3.05, 3.63) is 82.6 Å². The summed E-state index contributed by atoms with van der Waals surface area (Å²) in [6.07, 6.45) is 1.17. The summed E-state index contributed by atoms with van der Waals surface area (Å²) in [7, 11) is 0. The molecule has 0 aliphatic heterocycles. The Balaban J connectivity index is 1.83. The van der Waals surface area contributed by atoms with E-state index in [1.54, 1.807) is 54.6 Å². The first-order chi connectivity index (χ1) is 11.7. The maximum atomic E-state index is 12.7. The van der Waals surface area contributed by atoms with Gasteiger partial charge >= 0.3 is 0 Å². The first-order valence-electron chi connectivity index (χ1n) is 7.29. The lowest BCUT2D eigenvalue weighted by atomic mass is 9.83. The summed E-state index contributed by atoms with van der Waals surface area (Å²) in [6.45, 7) is 0. The Morgan fingerprint density at radius 1 is 0.833 bits per heavy atom. The van der Waals surface area contributed by atoms with E-state index in [4.69, 9.17) is 9.62 Å². The van der Waals surface area contributed by atoms with Gasteiger partial charge < -0.3 is 9.62 Å². The normalized spacial score (nSPS) is 13.2. The fourth-order valence-electron chi connectivity index (χ4n) is 2.89. The largest absolute Gasteiger partial charge is 0.455 e. The summed E-state index contributed by atoms with van der Waals surface area (Å²) in [5.41, 5.74) is 2.28. The number of rotatable bonds is 2. The number of hydrogen-bond donors (Lipinski definition) is 1. The van der Waals surface area contributed by atoms with Crippen LogP contribution in [0.2, 0.25) is 0 Å². The minimum atomic E-state index is -0.175. The Morgan fingerprint density at radius 2 is 1.50 bits per heavy atom. The highest BCUT2D eigenvalue weighted by Gasteiger charge is 2.29. The summed E-state index contributed by atoms with van der Waals surface area (Å²) in [5.74, 6) is 0.579. The number of fused-ring (bicyclic) bond motifs is 2. The first kappa shape index (κ1) is 14.1. The Hall–Kier alpha value is -3.47. The zero-order valence-electron chi connectivity index (χ0n) is 12.4. The molecule has 5 heteroatoms. The van der Waals surface area contributed by atoms with Gasteiger partial charge in [-0.2, -0.15) is 0 Å². The molecule has 0 atom stereocenters. The molecule has 0 radical (unpaired) electrons. The fraction of sp³-hybridized carbons (Fsp3) is 0. The predicted molar refractivity (Wildman–Crippen MR) is 86.8 cm³/mol. The average Bonchev–Trinajstić information content (AvgIpc) is 3.08. The fourth-order valence-corrected chi connectivity index (χ4v) is 2.89. The van der Waals surface area contributed by atoms with E-state index in [1.165, 1.54) is 6.21 Å². The molecule has 1 aromatic heterocycles. The van der Waals surface area contributed by atoms with Crippen LogP contribution in [0.25, 0.3) is 11.3 Å². The molecule has 0 saturated carbocycles. The summed E-state index contributed by atoms with van der Waals surface area (Å²) in [5, 5.41) is 11.5. The van der Waals surface area contributed by atoms with Crippen LogP contribution in [0.15, 0.2) is 64.2 Å². The van der Waals surface area contributed by atoms with Crippen LogP contribution in [-0.2, 0) is 0 Å². The molecule has 116 valence electrons. The number of carbonyl (C=O) groups is 2. The highest BCUT2D eigenvalue weighted by atomic mass is 16.4. The Labute approximate surface area is 136 Å². The SMILES string of the molecule is O=C1c2ccccc2C(=O)c2cc(-c3ccc(C=NO)o3)ccc21. The van der Waals surface area contributed by atoms with Crippen molar-refractivity contribution in [2.75, 3.05) is 0 Å². The van der Waals surface area contributed by atoms with Crippen molar-refractivity contribution in [2.45, 2.75) is 0 Å². The maximum Gasteiger partial charge on any atom is 0.194 e. The second kappa shape index (κ2) is 5.31. The average molecular weight is 317 g/mol. The number of furan rings is 1. The molecule has 1 heterocycles. The molecule has 1 aliphatic carbocycles. The quantitative estimate of drug-likeness (QED) is 0.348. The van der Waals surface area contributed by atoms with Gasteiger partial charge in [0.15, 0.2) is 11.6 Å². The van der Waals surface area contributed by atoms with E-state index in [-0.39, 0.29) is 11.6 Å². The number of benzene rings is 2. The third kappa shape index (κ3) is 2.06. The van der Waals surface area contributed by atoms with Crippen molar-refractivity contribution >= 4 is 17.8 Å². The first-order valence-corrected chi connectivity index (χ1v) is 7.29. The molecule has 0 spiro atoms. The zero-order chi connectivity index (χ0) is 16.7. The third-order valence-corrected chi connectivity index (χ3v) is 4.02. The number of carbonyl (C=O) groups excluding carboxylic acids is 2. The number of hydrogen-bond acceptors (Lipinski definition) is 5. The second-order valence-corrected chi connectivity index (χ2v) is 5.41. The van der Waals surface area contributed by atoms with Crippen LogP contribution in [-0.4, -0.2) is 23.0 Å². The van der Waals surface area contributed by atoms with E-state index in [1.807, 2.05) is 0 Å². The van der Waals surface area contributed by atoms with Gasteiger partial charge in [-0.05, 0) is 24.3 Å². The van der Waals surface area contributed by atoms with Gasteiger partial charge in [0.05, 0.1) is 0 Å². The standard InChI is InChI=1S/C19H11NO4/c21-18-13-3-1-2-4-14(13)19(22)16-9-11(5-7-15(16)18)17-8-6-12(24-17)10-20-23/h1-10,23H. The van der Waals surface area contributed by atoms with Crippen LogP contribution in [0.4, 0.5) is 0 Å². The number of oxime groups is 1. The molecular weight excluding hydrogens is 306 g/mol. The van der Waals surface area contributed by atoms with Crippen LogP contribution in [0.1, 0.15) is 37.6 Å². The Kier molecular flexibility index (Phi) is 3.13. The molecule has 4 rings (SSSR count). The minimum Gasteiger partial charge on any atom is -0.455 e. The summed E-state index contributed by atoms with van der Waals surface area (Å²) >= 11 is 0. The van der Waals surface area contributed by atoms with Crippen molar-refractivity contribution in [1.82, 2.24) is 0 Å². The smallest absolute Gasteiger partial charge is 0.194 e. The molecule has 5 nitrogen and oxygen atoms in total. The summed E-state index contributed by atoms with van der Waals surface area (Å²) in [6, 6.07) is 15.2. The van der Waals surface area contributed by atoms with Crippen molar-refractivity contribution in [3.8, 4) is 11.3 Å². The second-order valence-electron chi connectivity index (χ2n) is 5.41. The van der Waals surface area contributed by atoms with E-state index in [9.17, 15) is 9.59 Å². The Morgan fingerprint density at radius 3 is 2.21 bits per heavy atom. The van der Waals surface area contributed by atoms with Crippen LogP contribution in [0.3, 0.4) is 0 Å². The molecule has 0 fully saturated rings. The van der Waals surface area contributed by atoms with Gasteiger partial charge in [0.25, 0.3) is 0 Å². The molecule has 24 heavy (non-hydrogen) atoms. The number of nitrogens with zero attached hydrogens (tertiary/aromatic N) is 1. The van der Waals surface area contributed by atoms with Crippen LogP contribution >= 0.6 is 0 Å². The Bertz CT molecular complexity index is 1010. The van der Waals surface area contributed by atoms with E-state index >= 15 is 0 Å². The molecule has 0 bridgehead atoms. The maximum absolute atomic E-state index is 12.7. The molecular formula is C19H11NO4. The van der Waals surface area contributed by atoms with Crippen molar-refractivity contribution in [2.24, 2.45) is 5.16 Å². The topological polar surface area (TPSA) is 79.9 Å². The highest BCUT2D eigenvalue weighted by Crippen LogP contribution is 2.31. The van der Waals surface area contributed by atoms with Crippen LogP contribution in [0, 0.1) is 0 Å². The van der Waals surface area contributed by atoms with Crippen molar-refractivity contribution < 1.29 is 19.2 Å². The molecule has 2 aromatic carbocycles. The molecule has 1 aliphatic rings. The number of ketones is 2. The van der Waals surface area contributed by atoms with Gasteiger partial charge in [0.2, 0.25) is 0 Å². The summed E-state index contributed by atoms with van der Waals surface area (Å²) in [4.78, 5) is 25.3. The van der Waals surface area contributed by atoms with Gasteiger partial charge in [-0.25, -0.2) is 0 Å². The molecule has 3 aromatic rings. The minimum absolute atomic E-state index is 0.153. The van der Waals surface area contributed by atoms with E-state index < -0.39 is 0 Å².